The fraction of sp³-hybridized carbons (Fsp3) is 0.290. The van der Waals surface area contributed by atoms with Crippen LogP contribution in [0.1, 0.15) is 23.1 Å². The van der Waals surface area contributed by atoms with Crippen molar-refractivity contribution < 1.29 is 13.2 Å². The van der Waals surface area contributed by atoms with Crippen molar-refractivity contribution in [2.45, 2.75) is 26.2 Å². The second-order valence-corrected chi connectivity index (χ2v) is 13.0. The van der Waals surface area contributed by atoms with Crippen molar-refractivity contribution in [2.24, 2.45) is 5.10 Å². The standard InChI is InChI=1S/C31H28ClF3N8S2/c1-3-43-17-24(23-14-20(6-9-25(23)43)29-37-22(18-44-29)16-42-12-10-41(2)11-13-42)28(31(33,34)35)39-40-30-38-27(26(15-36)45-30)19-4-7-21(32)8-5-19/h4-9,14,17-18H,3,10-13,16H2,1-2H3,(H,38,40)/b39-28-. The number of alkyl halides is 3. The monoisotopic (exact) mass is 668 g/mol. The van der Waals surface area contributed by atoms with E-state index in [4.69, 9.17) is 16.6 Å². The summed E-state index contributed by atoms with van der Waals surface area (Å²) in [6, 6.07) is 14.3. The highest BCUT2D eigenvalue weighted by Gasteiger charge is 2.39. The highest BCUT2D eigenvalue weighted by Crippen LogP contribution is 2.35. The van der Waals surface area contributed by atoms with Crippen LogP contribution in [0.4, 0.5) is 18.3 Å². The minimum atomic E-state index is -4.78. The molecule has 6 rings (SSSR count). The Kier molecular flexibility index (Phi) is 8.94. The molecule has 45 heavy (non-hydrogen) atoms. The van der Waals surface area contributed by atoms with Crippen molar-refractivity contribution in [3.63, 3.8) is 0 Å². The first-order chi connectivity index (χ1) is 21.6. The van der Waals surface area contributed by atoms with E-state index in [1.165, 1.54) is 17.5 Å². The maximum Gasteiger partial charge on any atom is 0.435 e. The molecule has 0 bridgehead atoms. The predicted octanol–water partition coefficient (Wildman–Crippen LogP) is 7.56. The number of aromatic nitrogens is 3. The minimum absolute atomic E-state index is 0.0575. The third-order valence-corrected chi connectivity index (χ3v) is 9.69. The molecular weight excluding hydrogens is 641 g/mol. The Labute approximate surface area is 271 Å². The maximum atomic E-state index is 14.6. The second kappa shape index (κ2) is 12.9. The molecule has 4 heterocycles. The Morgan fingerprint density at radius 1 is 1.09 bits per heavy atom. The van der Waals surface area contributed by atoms with Gasteiger partial charge in [-0.25, -0.2) is 9.97 Å². The van der Waals surface area contributed by atoms with E-state index in [0.29, 0.717) is 33.7 Å². The van der Waals surface area contributed by atoms with Crippen LogP contribution >= 0.6 is 34.3 Å². The number of thiazole rings is 2. The summed E-state index contributed by atoms with van der Waals surface area (Å²) in [7, 11) is 2.11. The number of piperazine rings is 1. The summed E-state index contributed by atoms with van der Waals surface area (Å²) in [6.07, 6.45) is -3.30. The zero-order valence-corrected chi connectivity index (χ0v) is 26.8. The van der Waals surface area contributed by atoms with Crippen LogP contribution in [-0.4, -0.2) is 69.4 Å². The first-order valence-corrected chi connectivity index (χ1v) is 16.3. The third kappa shape index (κ3) is 6.75. The van der Waals surface area contributed by atoms with E-state index in [-0.39, 0.29) is 15.6 Å². The Bertz CT molecular complexity index is 1890. The van der Waals surface area contributed by atoms with Crippen LogP contribution in [0.5, 0.6) is 0 Å². The lowest BCUT2D eigenvalue weighted by atomic mass is 10.1. The lowest BCUT2D eigenvalue weighted by Crippen LogP contribution is -2.43. The van der Waals surface area contributed by atoms with Crippen LogP contribution in [0.25, 0.3) is 32.7 Å². The summed E-state index contributed by atoms with van der Waals surface area (Å²) >= 11 is 8.39. The van der Waals surface area contributed by atoms with E-state index in [9.17, 15) is 18.4 Å². The minimum Gasteiger partial charge on any atom is -0.347 e. The molecule has 0 atom stereocenters. The van der Waals surface area contributed by atoms with Crippen LogP contribution < -0.4 is 5.43 Å². The summed E-state index contributed by atoms with van der Waals surface area (Å²) in [4.78, 5) is 14.1. The normalized spacial score (nSPS) is 15.1. The first kappa shape index (κ1) is 31.2. The number of rotatable bonds is 8. The molecule has 1 saturated heterocycles. The number of anilines is 1. The second-order valence-electron chi connectivity index (χ2n) is 10.7. The molecule has 0 aliphatic carbocycles. The Hall–Kier alpha value is -3.80. The number of aryl methyl sites for hydroxylation is 1. The van der Waals surface area contributed by atoms with Crippen molar-refractivity contribution in [1.82, 2.24) is 24.3 Å². The first-order valence-electron chi connectivity index (χ1n) is 14.2. The number of hydrogen-bond donors (Lipinski definition) is 1. The number of nitrogens with zero attached hydrogens (tertiary/aromatic N) is 7. The zero-order chi connectivity index (χ0) is 31.7. The molecule has 14 heteroatoms. The van der Waals surface area contributed by atoms with Crippen LogP contribution in [0.3, 0.4) is 0 Å². The average molecular weight is 669 g/mol. The van der Waals surface area contributed by atoms with Crippen LogP contribution in [0, 0.1) is 11.3 Å². The molecule has 5 aromatic rings. The van der Waals surface area contributed by atoms with Crippen molar-refractivity contribution in [3.05, 3.63) is 75.2 Å². The highest BCUT2D eigenvalue weighted by molar-refractivity contribution is 7.16. The molecule has 1 N–H and O–H groups in total. The van der Waals surface area contributed by atoms with Gasteiger partial charge in [0, 0.05) is 83.5 Å². The van der Waals surface area contributed by atoms with Crippen molar-refractivity contribution >= 4 is 56.0 Å². The van der Waals surface area contributed by atoms with Crippen molar-refractivity contribution in [1.29, 1.82) is 5.26 Å². The van der Waals surface area contributed by atoms with Crippen molar-refractivity contribution in [2.75, 3.05) is 38.7 Å². The number of fused-ring (bicyclic) bond motifs is 1. The molecule has 3 aromatic heterocycles. The molecule has 0 spiro atoms. The fourth-order valence-corrected chi connectivity index (χ4v) is 6.92. The fourth-order valence-electron chi connectivity index (χ4n) is 5.25. The molecule has 1 aliphatic rings. The molecule has 1 aliphatic heterocycles. The Morgan fingerprint density at radius 3 is 2.51 bits per heavy atom. The van der Waals surface area contributed by atoms with E-state index >= 15 is 0 Å². The van der Waals surface area contributed by atoms with E-state index < -0.39 is 11.9 Å². The smallest absolute Gasteiger partial charge is 0.347 e. The molecule has 0 unspecified atom stereocenters. The Morgan fingerprint density at radius 2 is 1.82 bits per heavy atom. The summed E-state index contributed by atoms with van der Waals surface area (Å²) in [5.74, 6) is 0. The molecular formula is C31H28ClF3N8S2. The highest BCUT2D eigenvalue weighted by atomic mass is 35.5. The summed E-state index contributed by atoms with van der Waals surface area (Å²) in [6.45, 7) is 7.05. The third-order valence-electron chi connectivity index (χ3n) is 7.64. The van der Waals surface area contributed by atoms with Gasteiger partial charge in [-0.05, 0) is 44.3 Å². The SMILES string of the molecule is CCn1cc(/C(=N/Nc2nc(-c3ccc(Cl)cc3)c(C#N)s2)C(F)(F)F)c2cc(-c3nc(CN4CCN(C)CC4)cs3)ccc21. The van der Waals surface area contributed by atoms with E-state index in [0.717, 1.165) is 60.3 Å². The van der Waals surface area contributed by atoms with Gasteiger partial charge in [0.15, 0.2) is 5.71 Å². The Balaban J connectivity index is 1.33. The van der Waals surface area contributed by atoms with Gasteiger partial charge in [0.2, 0.25) is 5.13 Å². The average Bonchev–Trinajstić information content (AvgIpc) is 3.75. The lowest BCUT2D eigenvalue weighted by molar-refractivity contribution is -0.0580. The van der Waals surface area contributed by atoms with Crippen molar-refractivity contribution in [3.8, 4) is 27.9 Å². The van der Waals surface area contributed by atoms with Gasteiger partial charge in [-0.3, -0.25) is 10.3 Å². The van der Waals surface area contributed by atoms with Gasteiger partial charge in [-0.15, -0.1) is 11.3 Å². The summed E-state index contributed by atoms with van der Waals surface area (Å²) < 4.78 is 45.6. The van der Waals surface area contributed by atoms with Crippen LogP contribution in [0.2, 0.25) is 5.02 Å². The van der Waals surface area contributed by atoms with Gasteiger partial charge in [0.1, 0.15) is 21.6 Å². The summed E-state index contributed by atoms with van der Waals surface area (Å²) in [5.41, 5.74) is 4.65. The quantitative estimate of drug-likeness (QED) is 0.136. The number of nitriles is 1. The maximum absolute atomic E-state index is 14.6. The van der Waals surface area contributed by atoms with Gasteiger partial charge in [-0.2, -0.15) is 23.5 Å². The lowest BCUT2D eigenvalue weighted by Gasteiger charge is -2.31. The van der Waals surface area contributed by atoms with Crippen LogP contribution in [0.15, 0.2) is 59.1 Å². The molecule has 2 aromatic carbocycles. The molecule has 0 amide bonds. The van der Waals surface area contributed by atoms with E-state index in [1.54, 1.807) is 34.9 Å². The number of halogens is 4. The molecule has 0 saturated carbocycles. The summed E-state index contributed by atoms with van der Waals surface area (Å²) in [5, 5.41) is 17.2. The topological polar surface area (TPSA) is 85.4 Å². The molecule has 8 nitrogen and oxygen atoms in total. The van der Waals surface area contributed by atoms with Gasteiger partial charge in [-0.1, -0.05) is 35.1 Å². The van der Waals surface area contributed by atoms with Gasteiger partial charge in [0.05, 0.1) is 5.69 Å². The van der Waals surface area contributed by atoms with E-state index in [2.05, 4.69) is 38.4 Å². The zero-order valence-electron chi connectivity index (χ0n) is 24.4. The number of hydrogen-bond acceptors (Lipinski definition) is 9. The molecule has 1 fully saturated rings. The van der Waals surface area contributed by atoms with E-state index in [1.807, 2.05) is 24.4 Å². The van der Waals surface area contributed by atoms with Gasteiger partial charge >= 0.3 is 6.18 Å². The van der Waals surface area contributed by atoms with Crippen LogP contribution in [-0.2, 0) is 13.1 Å². The van der Waals surface area contributed by atoms with Gasteiger partial charge in [0.25, 0.3) is 0 Å². The predicted molar refractivity (Wildman–Crippen MR) is 175 cm³/mol. The number of nitrogens with one attached hydrogen (secondary N) is 1. The largest absolute Gasteiger partial charge is 0.435 e. The van der Waals surface area contributed by atoms with Gasteiger partial charge < -0.3 is 9.47 Å². The number of likely N-dealkylation sites (N-methyl/N-ethyl adjacent to an activating group) is 1. The number of hydrazone groups is 1. The number of benzene rings is 2. The molecule has 232 valence electrons. The molecule has 0 radical (unpaired) electrons.